The van der Waals surface area contributed by atoms with Crippen LogP contribution in [0.5, 0.6) is 0 Å². The van der Waals surface area contributed by atoms with Gasteiger partial charge in [0.25, 0.3) is 0 Å². The summed E-state index contributed by atoms with van der Waals surface area (Å²) in [6.07, 6.45) is 4.60. The number of methoxy groups -OCH3 is 2. The Morgan fingerprint density at radius 1 is 0.700 bits per heavy atom. The van der Waals surface area contributed by atoms with Gasteiger partial charge in [-0.2, -0.15) is 0 Å². The molecule has 0 aromatic carbocycles. The van der Waals surface area contributed by atoms with Crippen LogP contribution in [0.2, 0.25) is 0 Å². The first kappa shape index (κ1) is 33.0. The van der Waals surface area contributed by atoms with Crippen molar-refractivity contribution in [3.63, 3.8) is 0 Å². The van der Waals surface area contributed by atoms with Gasteiger partial charge in [-0.15, -0.1) is 0 Å². The summed E-state index contributed by atoms with van der Waals surface area (Å²) in [4.78, 5) is 65.7. The van der Waals surface area contributed by atoms with E-state index in [1.54, 1.807) is 26.0 Å². The maximum atomic E-state index is 11.1. The Morgan fingerprint density at radius 3 is 1.57 bits per heavy atom. The van der Waals surface area contributed by atoms with Gasteiger partial charge in [-0.05, 0) is 50.2 Å². The van der Waals surface area contributed by atoms with Crippen LogP contribution in [0, 0.1) is 0 Å². The average Bonchev–Trinajstić information content (AvgIpc) is 3.01. The number of ether oxygens (including phenoxy) is 4. The third kappa shape index (κ3) is 11.1. The number of pyridine rings is 3. The van der Waals surface area contributed by atoms with Crippen LogP contribution in [0.15, 0.2) is 55.0 Å². The Hall–Kier alpha value is -5.04. The van der Waals surface area contributed by atoms with Crippen LogP contribution in [-0.4, -0.2) is 77.7 Å². The summed E-state index contributed by atoms with van der Waals surface area (Å²) < 4.78 is 18.4. The van der Waals surface area contributed by atoms with Gasteiger partial charge in [-0.1, -0.05) is 0 Å². The second-order valence-electron chi connectivity index (χ2n) is 7.14. The van der Waals surface area contributed by atoms with Crippen molar-refractivity contribution < 1.29 is 48.0 Å². The highest BCUT2D eigenvalue weighted by molar-refractivity contribution is 5.91. The van der Waals surface area contributed by atoms with Crippen LogP contribution in [0.4, 0.5) is 0 Å². The first-order valence-corrected chi connectivity index (χ1v) is 11.7. The lowest BCUT2D eigenvalue weighted by Gasteiger charge is -2.01. The second kappa shape index (κ2) is 18.3. The summed E-state index contributed by atoms with van der Waals surface area (Å²) >= 11 is 0. The molecule has 212 valence electrons. The van der Waals surface area contributed by atoms with Crippen LogP contribution in [0.1, 0.15) is 71.6 Å². The van der Waals surface area contributed by atoms with Gasteiger partial charge in [0.15, 0.2) is 6.29 Å². The van der Waals surface area contributed by atoms with Crippen molar-refractivity contribution in [2.45, 2.75) is 20.5 Å². The van der Waals surface area contributed by atoms with Crippen molar-refractivity contribution in [3.05, 3.63) is 88.8 Å². The fraction of sp³-hybridized carbons (Fsp3) is 0.259. The Labute approximate surface area is 230 Å². The molecule has 0 spiro atoms. The fourth-order valence-electron chi connectivity index (χ4n) is 2.52. The zero-order chi connectivity index (χ0) is 29.9. The van der Waals surface area contributed by atoms with E-state index in [2.05, 4.69) is 24.4 Å². The summed E-state index contributed by atoms with van der Waals surface area (Å²) in [6, 6.07) is 9.00. The van der Waals surface area contributed by atoms with Crippen molar-refractivity contribution in [2.24, 2.45) is 0 Å². The molecule has 0 saturated carbocycles. The monoisotopic (exact) mass is 555 g/mol. The van der Waals surface area contributed by atoms with E-state index in [4.69, 9.17) is 14.6 Å². The number of aliphatic hydroxyl groups excluding tert-OH is 1. The summed E-state index contributed by atoms with van der Waals surface area (Å²) in [7, 11) is 2.54. The summed E-state index contributed by atoms with van der Waals surface area (Å²) in [5.41, 5.74) is 2.04. The molecule has 0 fully saturated rings. The van der Waals surface area contributed by atoms with Gasteiger partial charge in [-0.25, -0.2) is 24.2 Å². The Kier molecular flexibility index (Phi) is 15.1. The zero-order valence-corrected chi connectivity index (χ0v) is 22.4. The molecule has 0 aliphatic carbocycles. The highest BCUT2D eigenvalue weighted by atomic mass is 16.5. The third-order valence-corrected chi connectivity index (χ3v) is 4.50. The first-order chi connectivity index (χ1) is 19.2. The van der Waals surface area contributed by atoms with E-state index in [1.807, 2.05) is 0 Å². The normalized spacial score (nSPS) is 9.43. The van der Waals surface area contributed by atoms with Gasteiger partial charge in [0, 0.05) is 18.6 Å². The van der Waals surface area contributed by atoms with Gasteiger partial charge >= 0.3 is 23.9 Å². The molecule has 13 nitrogen and oxygen atoms in total. The predicted octanol–water partition coefficient (Wildman–Crippen LogP) is 2.48. The van der Waals surface area contributed by atoms with Crippen molar-refractivity contribution >= 4 is 30.2 Å². The standard InChI is InChI=1S/C9H9NO4.C9H11NO3.C9H9NO3/c1-13-8(11)6-3-4-7(10-5-6)9(12)14-2;2*1-2-13-9(12)7-3-4-8(6-11)10-5-7/h3-5H,1-2H3;3-5,11H,2,6H2,1H3;3-6H,2H2,1H3. The zero-order valence-electron chi connectivity index (χ0n) is 22.4. The number of rotatable bonds is 8. The number of aldehydes is 1. The minimum atomic E-state index is -0.540. The predicted molar refractivity (Wildman–Crippen MR) is 139 cm³/mol. The van der Waals surface area contributed by atoms with Gasteiger partial charge in [0.1, 0.15) is 11.4 Å². The number of carbonyl (C=O) groups excluding carboxylic acids is 5. The van der Waals surface area contributed by atoms with Gasteiger partial charge in [0.2, 0.25) is 0 Å². The van der Waals surface area contributed by atoms with Crippen LogP contribution in [0.25, 0.3) is 0 Å². The highest BCUT2D eigenvalue weighted by Gasteiger charge is 2.10. The van der Waals surface area contributed by atoms with E-state index in [0.717, 1.165) is 0 Å². The summed E-state index contributed by atoms with van der Waals surface area (Å²) in [6.45, 7) is 4.02. The van der Waals surface area contributed by atoms with Crippen LogP contribution < -0.4 is 0 Å². The van der Waals surface area contributed by atoms with Crippen LogP contribution in [0.3, 0.4) is 0 Å². The molecule has 0 aliphatic rings. The van der Waals surface area contributed by atoms with Crippen molar-refractivity contribution in [2.75, 3.05) is 27.4 Å². The molecule has 3 rings (SSSR count). The average molecular weight is 556 g/mol. The van der Waals surface area contributed by atoms with Crippen LogP contribution in [-0.2, 0) is 25.6 Å². The van der Waals surface area contributed by atoms with Gasteiger partial charge in [-0.3, -0.25) is 14.8 Å². The van der Waals surface area contributed by atoms with Crippen molar-refractivity contribution in [1.29, 1.82) is 0 Å². The Bertz CT molecular complexity index is 1210. The molecule has 0 aliphatic heterocycles. The molecule has 0 amide bonds. The molecular weight excluding hydrogens is 526 g/mol. The molecule has 40 heavy (non-hydrogen) atoms. The van der Waals surface area contributed by atoms with E-state index >= 15 is 0 Å². The maximum absolute atomic E-state index is 11.1. The van der Waals surface area contributed by atoms with E-state index < -0.39 is 17.9 Å². The minimum absolute atomic E-state index is 0.122. The maximum Gasteiger partial charge on any atom is 0.356 e. The topological polar surface area (TPSA) is 181 Å². The number of carbonyl (C=O) groups is 5. The lowest BCUT2D eigenvalue weighted by molar-refractivity contribution is 0.0516. The number of esters is 4. The Balaban J connectivity index is 0.000000300. The first-order valence-electron chi connectivity index (χ1n) is 11.7. The number of hydrogen-bond acceptors (Lipinski definition) is 13. The largest absolute Gasteiger partial charge is 0.465 e. The molecule has 1 N–H and O–H groups in total. The third-order valence-electron chi connectivity index (χ3n) is 4.50. The number of aliphatic hydroxyl groups is 1. The van der Waals surface area contributed by atoms with E-state index in [1.165, 1.54) is 57.1 Å². The van der Waals surface area contributed by atoms with Gasteiger partial charge < -0.3 is 24.1 Å². The number of hydrogen-bond donors (Lipinski definition) is 1. The Morgan fingerprint density at radius 2 is 1.20 bits per heavy atom. The quantitative estimate of drug-likeness (QED) is 0.243. The molecule has 13 heteroatoms. The molecule has 3 aromatic rings. The molecule has 0 unspecified atom stereocenters. The van der Waals surface area contributed by atoms with E-state index in [-0.39, 0.29) is 18.3 Å². The smallest absolute Gasteiger partial charge is 0.356 e. The molecule has 0 atom stereocenters. The molecular formula is C27H29N3O10. The lowest BCUT2D eigenvalue weighted by Crippen LogP contribution is -2.07. The molecule has 3 heterocycles. The van der Waals surface area contributed by atoms with E-state index in [0.29, 0.717) is 47.6 Å². The number of nitrogens with zero attached hydrogens (tertiary/aromatic N) is 3. The SMILES string of the molecule is CCOC(=O)c1ccc(C=O)nc1.CCOC(=O)c1ccc(CO)nc1.COC(=O)c1ccc(C(=O)OC)nc1. The molecule has 3 aromatic heterocycles. The van der Waals surface area contributed by atoms with Crippen LogP contribution >= 0.6 is 0 Å². The summed E-state index contributed by atoms with van der Waals surface area (Å²) in [5.74, 6) is -1.85. The lowest BCUT2D eigenvalue weighted by atomic mass is 10.2. The number of aromatic nitrogens is 3. The molecule has 0 radical (unpaired) electrons. The highest BCUT2D eigenvalue weighted by Crippen LogP contribution is 2.04. The fourth-order valence-corrected chi connectivity index (χ4v) is 2.52. The van der Waals surface area contributed by atoms with Crippen molar-refractivity contribution in [1.82, 2.24) is 15.0 Å². The molecule has 0 saturated heterocycles. The van der Waals surface area contributed by atoms with Gasteiger partial charge in [0.05, 0.1) is 56.4 Å². The second-order valence-corrected chi connectivity index (χ2v) is 7.14. The van der Waals surface area contributed by atoms with Crippen molar-refractivity contribution in [3.8, 4) is 0 Å². The minimum Gasteiger partial charge on any atom is -0.465 e. The summed E-state index contributed by atoms with van der Waals surface area (Å²) in [5, 5.41) is 8.69. The van der Waals surface area contributed by atoms with E-state index in [9.17, 15) is 24.0 Å². The molecule has 0 bridgehead atoms.